The molecule has 0 bridgehead atoms. The van der Waals surface area contributed by atoms with Gasteiger partial charge in [0.05, 0.1) is 25.9 Å². The van der Waals surface area contributed by atoms with Gasteiger partial charge < -0.3 is 55.6 Å². The van der Waals surface area contributed by atoms with Crippen LogP contribution in [0.4, 0.5) is 0 Å². The van der Waals surface area contributed by atoms with E-state index in [1.165, 1.54) is 0 Å². The largest absolute Gasteiger partial charge is 0.394 e. The Kier molecular flexibility index (Phi) is 9.26. The first kappa shape index (κ1) is 23.1. The zero-order valence-electron chi connectivity index (χ0n) is 14.1. The van der Waals surface area contributed by atoms with Gasteiger partial charge >= 0.3 is 0 Å². The highest BCUT2D eigenvalue weighted by Crippen LogP contribution is 2.25. The molecule has 0 aromatic rings. The van der Waals surface area contributed by atoms with Crippen LogP contribution in [0.3, 0.4) is 0 Å². The maximum Gasteiger partial charge on any atom is 0.217 e. The fourth-order valence-corrected chi connectivity index (χ4v) is 2.57. The molecule has 9 atom stereocenters. The molecule has 1 saturated heterocycles. The van der Waals surface area contributed by atoms with Crippen LogP contribution in [0.5, 0.6) is 0 Å². The maximum absolute atomic E-state index is 11.3. The fourth-order valence-electron chi connectivity index (χ4n) is 2.57. The summed E-state index contributed by atoms with van der Waals surface area (Å²) < 4.78 is 10.5. The number of rotatable bonds is 9. The first-order valence-electron chi connectivity index (χ1n) is 7.98. The predicted octanol–water partition coefficient (Wildman–Crippen LogP) is -5.62. The second-order valence-corrected chi connectivity index (χ2v) is 6.03. The van der Waals surface area contributed by atoms with Crippen LogP contribution in [0.15, 0.2) is 0 Å². The van der Waals surface area contributed by atoms with Crippen molar-refractivity contribution in [1.29, 1.82) is 0 Å². The van der Waals surface area contributed by atoms with E-state index >= 15 is 0 Å². The Morgan fingerprint density at radius 3 is 2.15 bits per heavy atom. The van der Waals surface area contributed by atoms with E-state index < -0.39 is 80.8 Å². The van der Waals surface area contributed by atoms with Gasteiger partial charge in [-0.25, -0.2) is 0 Å². The molecule has 1 rings (SSSR count). The van der Waals surface area contributed by atoms with Gasteiger partial charge in [-0.2, -0.15) is 0 Å². The number of hydrogen-bond acceptors (Lipinski definition) is 11. The molecule has 0 unspecified atom stereocenters. The van der Waals surface area contributed by atoms with E-state index in [9.17, 15) is 40.5 Å². The quantitative estimate of drug-likeness (QED) is 0.183. The molecule has 0 radical (unpaired) electrons. The highest BCUT2D eigenvalue weighted by molar-refractivity contribution is 5.73. The summed E-state index contributed by atoms with van der Waals surface area (Å²) >= 11 is 0. The third kappa shape index (κ3) is 5.53. The SMILES string of the molecule is CC(=O)N[C@@H](CO)[C@H](O[C@@H]1O[C@H](CO)[C@H](O)[C@H](O)[C@H]1O)[C@@H](O)[C@H](O)CO. The van der Waals surface area contributed by atoms with E-state index in [0.717, 1.165) is 6.92 Å². The molecule has 1 heterocycles. The summed E-state index contributed by atoms with van der Waals surface area (Å²) in [6, 6.07) is -1.27. The number of nitrogens with one attached hydrogen (secondary N) is 1. The topological polar surface area (TPSA) is 209 Å². The molecule has 9 N–H and O–H groups in total. The molecule has 1 aliphatic heterocycles. The van der Waals surface area contributed by atoms with Crippen molar-refractivity contribution in [2.45, 2.75) is 62.0 Å². The number of carbonyl (C=O) groups is 1. The van der Waals surface area contributed by atoms with Crippen LogP contribution >= 0.6 is 0 Å². The third-order valence-electron chi connectivity index (χ3n) is 4.04. The van der Waals surface area contributed by atoms with Crippen LogP contribution < -0.4 is 5.32 Å². The zero-order chi connectivity index (χ0) is 20.0. The Morgan fingerprint density at radius 2 is 1.69 bits per heavy atom. The van der Waals surface area contributed by atoms with Crippen molar-refractivity contribution in [3.8, 4) is 0 Å². The lowest BCUT2D eigenvalue weighted by Gasteiger charge is -2.42. The van der Waals surface area contributed by atoms with Gasteiger partial charge in [-0.05, 0) is 0 Å². The van der Waals surface area contributed by atoms with E-state index in [1.807, 2.05) is 0 Å². The van der Waals surface area contributed by atoms with Gasteiger partial charge in [-0.1, -0.05) is 0 Å². The Balaban J connectivity index is 3.04. The van der Waals surface area contributed by atoms with Gasteiger partial charge in [0.25, 0.3) is 0 Å². The Labute approximate surface area is 149 Å². The van der Waals surface area contributed by atoms with Crippen molar-refractivity contribution in [2.75, 3.05) is 19.8 Å². The van der Waals surface area contributed by atoms with Crippen molar-refractivity contribution in [3.05, 3.63) is 0 Å². The summed E-state index contributed by atoms with van der Waals surface area (Å²) in [5.41, 5.74) is 0. The molecule has 1 aliphatic rings. The summed E-state index contributed by atoms with van der Waals surface area (Å²) in [5.74, 6) is -0.600. The van der Waals surface area contributed by atoms with Crippen molar-refractivity contribution in [3.63, 3.8) is 0 Å². The molecule has 12 nitrogen and oxygen atoms in total. The van der Waals surface area contributed by atoms with E-state index in [-0.39, 0.29) is 0 Å². The minimum atomic E-state index is -1.82. The van der Waals surface area contributed by atoms with Gasteiger partial charge in [0.2, 0.25) is 5.91 Å². The summed E-state index contributed by atoms with van der Waals surface area (Å²) in [6.07, 6.45) is -13.3. The summed E-state index contributed by atoms with van der Waals surface area (Å²) in [4.78, 5) is 11.3. The van der Waals surface area contributed by atoms with Crippen LogP contribution in [0.25, 0.3) is 0 Å². The Hall–Kier alpha value is -0.930. The summed E-state index contributed by atoms with van der Waals surface area (Å²) in [5, 5.41) is 79.2. The molecular weight excluding hydrogens is 358 g/mol. The van der Waals surface area contributed by atoms with Crippen molar-refractivity contribution >= 4 is 5.91 Å². The van der Waals surface area contributed by atoms with Gasteiger partial charge in [-0.3, -0.25) is 4.79 Å². The number of ether oxygens (including phenoxy) is 2. The molecular formula is C14H27NO11. The van der Waals surface area contributed by atoms with Crippen LogP contribution in [-0.2, 0) is 14.3 Å². The van der Waals surface area contributed by atoms with E-state index in [1.54, 1.807) is 0 Å². The fraction of sp³-hybridized carbons (Fsp3) is 0.929. The minimum absolute atomic E-state index is 0.600. The average molecular weight is 385 g/mol. The smallest absolute Gasteiger partial charge is 0.217 e. The highest BCUT2D eigenvalue weighted by Gasteiger charge is 2.47. The standard InChI is InChI=1S/C14H27NO11/c1-5(19)15-6(2-16)13(9(21)7(20)3-17)26-14-12(24)11(23)10(22)8(4-18)25-14/h6-14,16-18,20-24H,2-4H2,1H3,(H,15,19)/t6-,7+,8+,9-,10-,11-,12+,13-,14-/m0/s1. The second-order valence-electron chi connectivity index (χ2n) is 6.03. The molecule has 0 aliphatic carbocycles. The number of hydrogen-bond donors (Lipinski definition) is 9. The van der Waals surface area contributed by atoms with E-state index in [4.69, 9.17) is 14.6 Å². The molecule has 154 valence electrons. The molecule has 0 aromatic carbocycles. The van der Waals surface area contributed by atoms with E-state index in [2.05, 4.69) is 5.32 Å². The number of aliphatic hydroxyl groups excluding tert-OH is 8. The van der Waals surface area contributed by atoms with E-state index in [0.29, 0.717) is 0 Å². The number of aliphatic hydroxyl groups is 8. The number of carbonyl (C=O) groups excluding carboxylic acids is 1. The van der Waals surface area contributed by atoms with Gasteiger partial charge in [0.15, 0.2) is 6.29 Å². The highest BCUT2D eigenvalue weighted by atomic mass is 16.7. The molecule has 1 amide bonds. The van der Waals surface area contributed by atoms with Gasteiger partial charge in [0.1, 0.15) is 42.7 Å². The second kappa shape index (κ2) is 10.4. The van der Waals surface area contributed by atoms with Crippen LogP contribution in [0.1, 0.15) is 6.92 Å². The zero-order valence-corrected chi connectivity index (χ0v) is 14.1. The van der Waals surface area contributed by atoms with Gasteiger partial charge in [-0.15, -0.1) is 0 Å². The van der Waals surface area contributed by atoms with Gasteiger partial charge in [0, 0.05) is 6.92 Å². The normalized spacial score (nSPS) is 34.0. The monoisotopic (exact) mass is 385 g/mol. The van der Waals surface area contributed by atoms with Crippen LogP contribution in [-0.4, -0.2) is 122 Å². The lowest BCUT2D eigenvalue weighted by Crippen LogP contribution is -2.63. The first-order valence-corrected chi connectivity index (χ1v) is 7.98. The van der Waals surface area contributed by atoms with Crippen molar-refractivity contribution in [1.82, 2.24) is 5.32 Å². The van der Waals surface area contributed by atoms with Crippen molar-refractivity contribution in [2.24, 2.45) is 0 Å². The number of amides is 1. The molecule has 12 heteroatoms. The Bertz CT molecular complexity index is 437. The molecule has 0 spiro atoms. The molecule has 1 fully saturated rings. The average Bonchev–Trinajstić information content (AvgIpc) is 2.62. The molecule has 0 saturated carbocycles. The Morgan fingerprint density at radius 1 is 1.08 bits per heavy atom. The van der Waals surface area contributed by atoms with Crippen LogP contribution in [0.2, 0.25) is 0 Å². The van der Waals surface area contributed by atoms with Crippen LogP contribution in [0, 0.1) is 0 Å². The summed E-state index contributed by atoms with van der Waals surface area (Å²) in [6.45, 7) is -1.19. The third-order valence-corrected chi connectivity index (χ3v) is 4.04. The van der Waals surface area contributed by atoms with Crippen molar-refractivity contribution < 1.29 is 55.1 Å². The minimum Gasteiger partial charge on any atom is -0.394 e. The predicted molar refractivity (Wildman–Crippen MR) is 82.4 cm³/mol. The molecule has 0 aromatic heterocycles. The maximum atomic E-state index is 11.3. The first-order chi connectivity index (χ1) is 12.2. The molecule has 26 heavy (non-hydrogen) atoms. The lowest BCUT2D eigenvalue weighted by atomic mass is 9.98. The lowest BCUT2D eigenvalue weighted by molar-refractivity contribution is -0.322. The summed E-state index contributed by atoms with van der Waals surface area (Å²) in [7, 11) is 0.